The number of allylic oxidation sites excluding steroid dienone is 2. The van der Waals surface area contributed by atoms with Crippen molar-refractivity contribution in [3.8, 4) is 0 Å². The van der Waals surface area contributed by atoms with E-state index in [0.29, 0.717) is 18.4 Å². The van der Waals surface area contributed by atoms with Crippen LogP contribution in [0, 0.1) is 11.8 Å². The molecule has 25 heavy (non-hydrogen) atoms. The summed E-state index contributed by atoms with van der Waals surface area (Å²) >= 11 is 1.51. The van der Waals surface area contributed by atoms with E-state index in [-0.39, 0.29) is 0 Å². The standard InChI is InChI=1S/C18H24N2O4S/c1-4-5-13-8-12(9-25-13)16(21)19-20-17(22)14-6-10(2)11(3)7-15(14)18(23)24/h8-9,14-15H,4-7H2,1-3H3,(H,19,21)(H,20,22)(H,23,24)/t14-,15+/m1/s1. The molecule has 136 valence electrons. The number of amides is 2. The number of aliphatic carboxylic acids is 1. The van der Waals surface area contributed by atoms with Crippen LogP contribution < -0.4 is 10.9 Å². The molecule has 0 fully saturated rings. The van der Waals surface area contributed by atoms with Gasteiger partial charge in [0.15, 0.2) is 0 Å². The largest absolute Gasteiger partial charge is 0.481 e. The molecule has 2 atom stereocenters. The highest BCUT2D eigenvalue weighted by molar-refractivity contribution is 7.10. The van der Waals surface area contributed by atoms with Crippen molar-refractivity contribution in [1.29, 1.82) is 0 Å². The van der Waals surface area contributed by atoms with Crippen LogP contribution in [-0.4, -0.2) is 22.9 Å². The van der Waals surface area contributed by atoms with E-state index in [1.807, 2.05) is 19.9 Å². The molecule has 0 saturated heterocycles. The number of carboxylic acids is 1. The van der Waals surface area contributed by atoms with Crippen molar-refractivity contribution in [2.45, 2.75) is 46.5 Å². The molecule has 1 aromatic rings. The van der Waals surface area contributed by atoms with Gasteiger partial charge in [-0.05, 0) is 39.2 Å². The lowest BCUT2D eigenvalue weighted by atomic mass is 9.76. The fourth-order valence-electron chi connectivity index (χ4n) is 2.99. The van der Waals surface area contributed by atoms with Crippen LogP contribution in [0.4, 0.5) is 0 Å². The predicted octanol–water partition coefficient (Wildman–Crippen LogP) is 2.91. The quantitative estimate of drug-likeness (QED) is 0.553. The van der Waals surface area contributed by atoms with Gasteiger partial charge in [0.05, 0.1) is 17.4 Å². The van der Waals surface area contributed by atoms with Crippen LogP contribution in [0.2, 0.25) is 0 Å². The molecule has 1 heterocycles. The lowest BCUT2D eigenvalue weighted by molar-refractivity contribution is -0.147. The molecule has 0 spiro atoms. The second kappa shape index (κ2) is 8.29. The molecule has 0 unspecified atom stereocenters. The fourth-order valence-corrected chi connectivity index (χ4v) is 3.96. The zero-order valence-corrected chi connectivity index (χ0v) is 15.5. The van der Waals surface area contributed by atoms with Gasteiger partial charge in [0.1, 0.15) is 0 Å². The molecule has 1 aromatic heterocycles. The molecule has 1 aliphatic rings. The van der Waals surface area contributed by atoms with Crippen LogP contribution >= 0.6 is 11.3 Å². The molecule has 2 rings (SSSR count). The average Bonchev–Trinajstić information content (AvgIpc) is 3.03. The van der Waals surface area contributed by atoms with Crippen molar-refractivity contribution >= 4 is 29.1 Å². The van der Waals surface area contributed by atoms with Crippen LogP contribution in [0.25, 0.3) is 0 Å². The molecule has 2 amide bonds. The first kappa shape index (κ1) is 19.2. The molecule has 0 radical (unpaired) electrons. The number of carbonyl (C=O) groups excluding carboxylic acids is 2. The maximum Gasteiger partial charge on any atom is 0.307 e. The summed E-state index contributed by atoms with van der Waals surface area (Å²) in [6.45, 7) is 5.87. The monoisotopic (exact) mass is 364 g/mol. The van der Waals surface area contributed by atoms with E-state index < -0.39 is 29.6 Å². The summed E-state index contributed by atoms with van der Waals surface area (Å²) in [6.07, 6.45) is 2.67. The topological polar surface area (TPSA) is 95.5 Å². The molecule has 0 bridgehead atoms. The van der Waals surface area contributed by atoms with Gasteiger partial charge in [-0.2, -0.15) is 0 Å². The van der Waals surface area contributed by atoms with Crippen LogP contribution in [0.5, 0.6) is 0 Å². The van der Waals surface area contributed by atoms with E-state index in [1.165, 1.54) is 11.3 Å². The number of nitrogens with one attached hydrogen (secondary N) is 2. The second-order valence-corrected chi connectivity index (χ2v) is 7.51. The summed E-state index contributed by atoms with van der Waals surface area (Å²) in [7, 11) is 0. The van der Waals surface area contributed by atoms with Gasteiger partial charge in [0.25, 0.3) is 5.91 Å². The second-order valence-electron chi connectivity index (χ2n) is 6.52. The number of rotatable bonds is 5. The Labute approximate surface area is 151 Å². The van der Waals surface area contributed by atoms with Crippen molar-refractivity contribution in [2.75, 3.05) is 0 Å². The third-order valence-electron chi connectivity index (χ3n) is 4.63. The molecule has 0 saturated carbocycles. The van der Waals surface area contributed by atoms with Gasteiger partial charge in [-0.25, -0.2) is 0 Å². The van der Waals surface area contributed by atoms with Crippen molar-refractivity contribution in [3.05, 3.63) is 33.0 Å². The Balaban J connectivity index is 1.98. The molecule has 0 aromatic carbocycles. The normalized spacial score (nSPS) is 20.3. The molecule has 6 nitrogen and oxygen atoms in total. The Bertz CT molecular complexity index is 708. The maximum atomic E-state index is 12.4. The zero-order valence-electron chi connectivity index (χ0n) is 14.7. The summed E-state index contributed by atoms with van der Waals surface area (Å²) in [5, 5.41) is 11.1. The maximum absolute atomic E-state index is 12.4. The minimum absolute atomic E-state index is 0.359. The van der Waals surface area contributed by atoms with E-state index in [9.17, 15) is 19.5 Å². The Kier molecular flexibility index (Phi) is 6.36. The summed E-state index contributed by atoms with van der Waals surface area (Å²) in [4.78, 5) is 37.1. The third-order valence-corrected chi connectivity index (χ3v) is 5.63. The molecular weight excluding hydrogens is 340 g/mol. The Morgan fingerprint density at radius 2 is 1.80 bits per heavy atom. The number of aryl methyl sites for hydroxylation is 1. The van der Waals surface area contributed by atoms with Crippen molar-refractivity contribution in [3.63, 3.8) is 0 Å². The Morgan fingerprint density at radius 3 is 2.40 bits per heavy atom. The van der Waals surface area contributed by atoms with Crippen LogP contribution in [-0.2, 0) is 16.0 Å². The number of carboxylic acid groups (broad SMARTS) is 1. The van der Waals surface area contributed by atoms with Crippen LogP contribution in [0.3, 0.4) is 0 Å². The number of hydrazine groups is 1. The SMILES string of the molecule is CCCc1cc(C(=O)NNC(=O)[C@@H]2CC(C)=C(C)C[C@@H]2C(=O)O)cs1. The van der Waals surface area contributed by atoms with Gasteiger partial charge in [-0.1, -0.05) is 24.5 Å². The first-order valence-corrected chi connectivity index (χ1v) is 9.27. The van der Waals surface area contributed by atoms with Gasteiger partial charge in [0.2, 0.25) is 5.91 Å². The van der Waals surface area contributed by atoms with E-state index in [0.717, 1.165) is 28.9 Å². The van der Waals surface area contributed by atoms with Crippen molar-refractivity contribution < 1.29 is 19.5 Å². The fraction of sp³-hybridized carbons (Fsp3) is 0.500. The number of hydrogen-bond acceptors (Lipinski definition) is 4. The summed E-state index contributed by atoms with van der Waals surface area (Å²) < 4.78 is 0. The summed E-state index contributed by atoms with van der Waals surface area (Å²) in [5.41, 5.74) is 7.34. The summed E-state index contributed by atoms with van der Waals surface area (Å²) in [5.74, 6) is -3.28. The van der Waals surface area contributed by atoms with Crippen molar-refractivity contribution in [2.24, 2.45) is 11.8 Å². The highest BCUT2D eigenvalue weighted by Gasteiger charge is 2.37. The zero-order chi connectivity index (χ0) is 18.6. The van der Waals surface area contributed by atoms with E-state index in [4.69, 9.17) is 0 Å². The van der Waals surface area contributed by atoms with Crippen molar-refractivity contribution in [1.82, 2.24) is 10.9 Å². The van der Waals surface area contributed by atoms with Gasteiger partial charge in [-0.3, -0.25) is 25.2 Å². The Hall–Kier alpha value is -2.15. The van der Waals surface area contributed by atoms with Crippen LogP contribution in [0.1, 0.15) is 55.3 Å². The van der Waals surface area contributed by atoms with E-state index >= 15 is 0 Å². The number of hydrogen-bond donors (Lipinski definition) is 3. The first-order chi connectivity index (χ1) is 11.8. The molecule has 7 heteroatoms. The lowest BCUT2D eigenvalue weighted by Crippen LogP contribution is -2.48. The molecular formula is C18H24N2O4S. The van der Waals surface area contributed by atoms with Crippen LogP contribution in [0.15, 0.2) is 22.6 Å². The lowest BCUT2D eigenvalue weighted by Gasteiger charge is -2.29. The number of thiophene rings is 1. The third kappa shape index (κ3) is 4.69. The highest BCUT2D eigenvalue weighted by Crippen LogP contribution is 2.34. The van der Waals surface area contributed by atoms with Gasteiger partial charge in [-0.15, -0.1) is 11.3 Å². The first-order valence-electron chi connectivity index (χ1n) is 8.39. The molecule has 0 aliphatic heterocycles. The highest BCUT2D eigenvalue weighted by atomic mass is 32.1. The summed E-state index contributed by atoms with van der Waals surface area (Å²) in [6, 6.07) is 1.81. The average molecular weight is 364 g/mol. The predicted molar refractivity (Wildman–Crippen MR) is 96.1 cm³/mol. The minimum Gasteiger partial charge on any atom is -0.481 e. The van der Waals surface area contributed by atoms with Gasteiger partial charge < -0.3 is 5.11 Å². The number of carbonyl (C=O) groups is 3. The van der Waals surface area contributed by atoms with E-state index in [1.54, 1.807) is 5.38 Å². The molecule has 1 aliphatic carbocycles. The van der Waals surface area contributed by atoms with Gasteiger partial charge >= 0.3 is 5.97 Å². The molecule has 3 N–H and O–H groups in total. The Morgan fingerprint density at radius 1 is 1.16 bits per heavy atom. The van der Waals surface area contributed by atoms with Gasteiger partial charge in [0, 0.05) is 10.3 Å². The smallest absolute Gasteiger partial charge is 0.307 e. The minimum atomic E-state index is -0.986. The van der Waals surface area contributed by atoms with E-state index in [2.05, 4.69) is 17.8 Å².